The molecule has 0 aromatic heterocycles. The lowest BCUT2D eigenvalue weighted by molar-refractivity contribution is 0.232. The molecule has 1 saturated heterocycles. The van der Waals surface area contributed by atoms with Crippen LogP contribution in [0.15, 0.2) is 24.3 Å². The van der Waals surface area contributed by atoms with Gasteiger partial charge in [-0.25, -0.2) is 0 Å². The van der Waals surface area contributed by atoms with Crippen molar-refractivity contribution in [3.05, 3.63) is 29.8 Å². The van der Waals surface area contributed by atoms with Crippen molar-refractivity contribution in [2.24, 2.45) is 0 Å². The van der Waals surface area contributed by atoms with Gasteiger partial charge in [0.25, 0.3) is 0 Å². The highest BCUT2D eigenvalue weighted by atomic mass is 15.2. The van der Waals surface area contributed by atoms with Crippen molar-refractivity contribution in [1.82, 2.24) is 10.2 Å². The summed E-state index contributed by atoms with van der Waals surface area (Å²) in [5.41, 5.74) is 2.77. The van der Waals surface area contributed by atoms with E-state index >= 15 is 0 Å². The van der Waals surface area contributed by atoms with Crippen LogP contribution in [-0.4, -0.2) is 44.2 Å². The van der Waals surface area contributed by atoms with Crippen LogP contribution < -0.4 is 10.2 Å². The Morgan fingerprint density at radius 1 is 1.19 bits per heavy atom. The number of nitrogens with one attached hydrogen (secondary N) is 1. The summed E-state index contributed by atoms with van der Waals surface area (Å²) in [5.74, 6) is 0. The minimum atomic E-state index is 0.473. The number of benzene rings is 1. The molecule has 1 aliphatic rings. The molecule has 1 aromatic rings. The van der Waals surface area contributed by atoms with E-state index in [9.17, 15) is 0 Å². The largest absolute Gasteiger partial charge is 0.370 e. The molecule has 0 spiro atoms. The molecule has 0 saturated carbocycles. The van der Waals surface area contributed by atoms with Crippen LogP contribution in [0.2, 0.25) is 0 Å². The molecule has 0 bridgehead atoms. The Balaban J connectivity index is 2.00. The molecule has 1 N–H and O–H groups in total. The Bertz CT molecular complexity index is 407. The van der Waals surface area contributed by atoms with Crippen molar-refractivity contribution in [1.29, 1.82) is 0 Å². The predicted octanol–water partition coefficient (Wildman–Crippen LogP) is 3.28. The average Bonchev–Trinajstić information content (AvgIpc) is 3.00. The highest BCUT2D eigenvalue weighted by molar-refractivity contribution is 5.49. The highest BCUT2D eigenvalue weighted by Crippen LogP contribution is 2.25. The fourth-order valence-corrected chi connectivity index (χ4v) is 3.54. The van der Waals surface area contributed by atoms with Crippen LogP contribution in [-0.2, 0) is 0 Å². The van der Waals surface area contributed by atoms with Gasteiger partial charge in [0.05, 0.1) is 0 Å². The Morgan fingerprint density at radius 3 is 2.38 bits per heavy atom. The lowest BCUT2D eigenvalue weighted by Gasteiger charge is -2.26. The standard InChI is InChI=1S/C18H31N3/c1-5-18(19-4)15-8-10-16(11-9-15)21-13-12-17(14-21)20(6-2)7-3/h8-11,17-19H,5-7,12-14H2,1-4H3. The van der Waals surface area contributed by atoms with Crippen LogP contribution in [0, 0.1) is 0 Å². The van der Waals surface area contributed by atoms with Gasteiger partial charge < -0.3 is 10.2 Å². The molecule has 1 aliphatic heterocycles. The van der Waals surface area contributed by atoms with Gasteiger partial charge in [-0.15, -0.1) is 0 Å². The van der Waals surface area contributed by atoms with Gasteiger partial charge in [-0.3, -0.25) is 4.90 Å². The van der Waals surface area contributed by atoms with Gasteiger partial charge in [0, 0.05) is 30.9 Å². The van der Waals surface area contributed by atoms with E-state index in [-0.39, 0.29) is 0 Å². The number of likely N-dealkylation sites (N-methyl/N-ethyl adjacent to an activating group) is 1. The molecule has 0 amide bonds. The van der Waals surface area contributed by atoms with Gasteiger partial charge in [-0.2, -0.15) is 0 Å². The SMILES string of the molecule is CCC(NC)c1ccc(N2CCC(N(CC)CC)C2)cc1. The van der Waals surface area contributed by atoms with E-state index in [1.165, 1.54) is 30.8 Å². The van der Waals surface area contributed by atoms with E-state index in [1.807, 2.05) is 7.05 Å². The summed E-state index contributed by atoms with van der Waals surface area (Å²) in [6.07, 6.45) is 2.42. The van der Waals surface area contributed by atoms with Gasteiger partial charge in [0.1, 0.15) is 0 Å². The summed E-state index contributed by atoms with van der Waals surface area (Å²) in [5, 5.41) is 3.37. The topological polar surface area (TPSA) is 18.5 Å². The molecular weight excluding hydrogens is 258 g/mol. The molecule has 0 aliphatic carbocycles. The second-order valence-corrected chi connectivity index (χ2v) is 5.95. The number of anilines is 1. The summed E-state index contributed by atoms with van der Waals surface area (Å²) in [7, 11) is 2.04. The Morgan fingerprint density at radius 2 is 1.86 bits per heavy atom. The minimum absolute atomic E-state index is 0.473. The van der Waals surface area contributed by atoms with Crippen LogP contribution >= 0.6 is 0 Å². The molecule has 118 valence electrons. The molecular formula is C18H31N3. The fraction of sp³-hybridized carbons (Fsp3) is 0.667. The van der Waals surface area contributed by atoms with Crippen molar-refractivity contribution in [3.63, 3.8) is 0 Å². The quantitative estimate of drug-likeness (QED) is 0.831. The van der Waals surface area contributed by atoms with E-state index < -0.39 is 0 Å². The maximum absolute atomic E-state index is 3.37. The van der Waals surface area contributed by atoms with Crippen LogP contribution in [0.25, 0.3) is 0 Å². The maximum atomic E-state index is 3.37. The van der Waals surface area contributed by atoms with E-state index in [0.717, 1.165) is 25.6 Å². The zero-order chi connectivity index (χ0) is 15.2. The summed E-state index contributed by atoms with van der Waals surface area (Å²) >= 11 is 0. The van der Waals surface area contributed by atoms with Crippen LogP contribution in [0.4, 0.5) is 5.69 Å². The van der Waals surface area contributed by atoms with E-state index in [4.69, 9.17) is 0 Å². The summed E-state index contributed by atoms with van der Waals surface area (Å²) < 4.78 is 0. The normalized spacial score (nSPS) is 20.2. The molecule has 21 heavy (non-hydrogen) atoms. The predicted molar refractivity (Wildman–Crippen MR) is 92.1 cm³/mol. The molecule has 0 radical (unpaired) electrons. The molecule has 2 atom stereocenters. The molecule has 2 unspecified atom stereocenters. The van der Waals surface area contributed by atoms with Crippen molar-refractivity contribution in [2.45, 2.75) is 45.7 Å². The van der Waals surface area contributed by atoms with Gasteiger partial charge in [-0.05, 0) is 50.7 Å². The Kier molecular flexibility index (Phi) is 6.07. The zero-order valence-corrected chi connectivity index (χ0v) is 14.1. The fourth-order valence-electron chi connectivity index (χ4n) is 3.54. The average molecular weight is 289 g/mol. The Labute approximate surface area is 130 Å². The first kappa shape index (κ1) is 16.3. The molecule has 1 aromatic carbocycles. The van der Waals surface area contributed by atoms with Gasteiger partial charge >= 0.3 is 0 Å². The van der Waals surface area contributed by atoms with Gasteiger partial charge in [-0.1, -0.05) is 32.9 Å². The molecule has 3 nitrogen and oxygen atoms in total. The lowest BCUT2D eigenvalue weighted by atomic mass is 10.0. The first-order valence-corrected chi connectivity index (χ1v) is 8.49. The van der Waals surface area contributed by atoms with Crippen LogP contribution in [0.5, 0.6) is 0 Å². The number of hydrogen-bond acceptors (Lipinski definition) is 3. The lowest BCUT2D eigenvalue weighted by Crippen LogP contribution is -2.37. The molecule has 1 heterocycles. The van der Waals surface area contributed by atoms with Crippen molar-refractivity contribution in [3.8, 4) is 0 Å². The maximum Gasteiger partial charge on any atom is 0.0366 e. The first-order chi connectivity index (χ1) is 10.2. The summed E-state index contributed by atoms with van der Waals surface area (Å²) in [6.45, 7) is 11.4. The van der Waals surface area contributed by atoms with Crippen LogP contribution in [0.1, 0.15) is 45.2 Å². The molecule has 2 rings (SSSR count). The van der Waals surface area contributed by atoms with Crippen molar-refractivity contribution < 1.29 is 0 Å². The van der Waals surface area contributed by atoms with Gasteiger partial charge in [0.2, 0.25) is 0 Å². The molecule has 1 fully saturated rings. The number of nitrogens with zero attached hydrogens (tertiary/aromatic N) is 2. The van der Waals surface area contributed by atoms with Crippen molar-refractivity contribution in [2.75, 3.05) is 38.1 Å². The third kappa shape index (κ3) is 3.78. The van der Waals surface area contributed by atoms with Crippen LogP contribution in [0.3, 0.4) is 0 Å². The van der Waals surface area contributed by atoms with E-state index in [0.29, 0.717) is 6.04 Å². The summed E-state index contributed by atoms with van der Waals surface area (Å²) in [6, 6.07) is 10.3. The third-order valence-corrected chi connectivity index (χ3v) is 4.91. The second kappa shape index (κ2) is 7.81. The number of hydrogen-bond donors (Lipinski definition) is 1. The zero-order valence-electron chi connectivity index (χ0n) is 14.1. The second-order valence-electron chi connectivity index (χ2n) is 5.95. The molecule has 3 heteroatoms. The number of rotatable bonds is 7. The highest BCUT2D eigenvalue weighted by Gasteiger charge is 2.26. The van der Waals surface area contributed by atoms with E-state index in [1.54, 1.807) is 0 Å². The minimum Gasteiger partial charge on any atom is -0.370 e. The van der Waals surface area contributed by atoms with Gasteiger partial charge in [0.15, 0.2) is 0 Å². The smallest absolute Gasteiger partial charge is 0.0366 e. The summed E-state index contributed by atoms with van der Waals surface area (Å²) in [4.78, 5) is 5.12. The Hall–Kier alpha value is -1.06. The third-order valence-electron chi connectivity index (χ3n) is 4.91. The van der Waals surface area contributed by atoms with Crippen molar-refractivity contribution >= 4 is 5.69 Å². The first-order valence-electron chi connectivity index (χ1n) is 8.49. The van der Waals surface area contributed by atoms with E-state index in [2.05, 4.69) is 60.2 Å². The monoisotopic (exact) mass is 289 g/mol.